The first-order valence-corrected chi connectivity index (χ1v) is 7.16. The number of nitrogens with zero attached hydrogens (tertiary/aromatic N) is 3. The number of ether oxygens (including phenoxy) is 1. The van der Waals surface area contributed by atoms with Gasteiger partial charge in [0.05, 0.1) is 30.8 Å². The monoisotopic (exact) mass is 280 g/mol. The van der Waals surface area contributed by atoms with Crippen LogP contribution in [0, 0.1) is 0 Å². The Morgan fingerprint density at radius 3 is 2.45 bits per heavy atom. The van der Waals surface area contributed by atoms with E-state index in [-0.39, 0.29) is 11.6 Å². The molecule has 0 saturated heterocycles. The van der Waals surface area contributed by atoms with Gasteiger partial charge in [-0.1, -0.05) is 0 Å². The van der Waals surface area contributed by atoms with Crippen LogP contribution < -0.4 is 10.2 Å². The Hall–Kier alpha value is -1.20. The van der Waals surface area contributed by atoms with E-state index in [1.165, 1.54) is 0 Å². The quantitative estimate of drug-likeness (QED) is 0.830. The van der Waals surface area contributed by atoms with Gasteiger partial charge in [-0.15, -0.1) is 0 Å². The Balaban J connectivity index is 2.45. The van der Waals surface area contributed by atoms with Gasteiger partial charge in [-0.05, 0) is 34.6 Å². The fourth-order valence-corrected chi connectivity index (χ4v) is 1.53. The minimum atomic E-state index is 0.0886. The molecule has 0 atom stereocenters. The minimum absolute atomic E-state index is 0.0886. The predicted molar refractivity (Wildman–Crippen MR) is 83.0 cm³/mol. The Morgan fingerprint density at radius 2 is 1.95 bits per heavy atom. The summed E-state index contributed by atoms with van der Waals surface area (Å²) in [7, 11) is 2.00. The zero-order chi connectivity index (χ0) is 15.2. The number of aromatic nitrogens is 2. The third-order valence-electron chi connectivity index (χ3n) is 2.76. The van der Waals surface area contributed by atoms with E-state index in [1.54, 1.807) is 0 Å². The highest BCUT2D eigenvalue weighted by molar-refractivity contribution is 5.34. The summed E-state index contributed by atoms with van der Waals surface area (Å²) in [5.41, 5.74) is 1.04. The first-order valence-electron chi connectivity index (χ1n) is 7.16. The molecule has 0 amide bonds. The molecular formula is C15H28N4O. The molecule has 1 aromatic rings. The zero-order valence-electron chi connectivity index (χ0n) is 13.6. The summed E-state index contributed by atoms with van der Waals surface area (Å²) in [6.45, 7) is 12.7. The van der Waals surface area contributed by atoms with Crippen LogP contribution in [0.15, 0.2) is 12.4 Å². The molecular weight excluding hydrogens is 252 g/mol. The first-order chi connectivity index (χ1) is 9.28. The largest absolute Gasteiger partial charge is 0.377 e. The molecule has 0 aromatic carbocycles. The van der Waals surface area contributed by atoms with Gasteiger partial charge in [0, 0.05) is 25.7 Å². The third kappa shape index (κ3) is 6.82. The van der Waals surface area contributed by atoms with Crippen molar-refractivity contribution in [2.45, 2.75) is 52.8 Å². The molecule has 0 fully saturated rings. The van der Waals surface area contributed by atoms with Crippen molar-refractivity contribution in [3.05, 3.63) is 18.1 Å². The van der Waals surface area contributed by atoms with E-state index >= 15 is 0 Å². The number of nitrogens with one attached hydrogen (secondary N) is 1. The lowest BCUT2D eigenvalue weighted by molar-refractivity contribution is 0.0845. The summed E-state index contributed by atoms with van der Waals surface area (Å²) in [4.78, 5) is 10.9. The molecule has 0 aliphatic carbocycles. The molecule has 0 aliphatic heterocycles. The van der Waals surface area contributed by atoms with E-state index in [4.69, 9.17) is 4.74 Å². The molecule has 5 nitrogen and oxygen atoms in total. The normalized spacial score (nSPS) is 11.9. The second-order valence-electron chi connectivity index (χ2n) is 6.31. The molecule has 1 aromatic heterocycles. The molecule has 20 heavy (non-hydrogen) atoms. The molecule has 0 bridgehead atoms. The summed E-state index contributed by atoms with van der Waals surface area (Å²) >= 11 is 0. The maximum absolute atomic E-state index is 5.53. The van der Waals surface area contributed by atoms with E-state index in [0.29, 0.717) is 6.61 Å². The van der Waals surface area contributed by atoms with Crippen LogP contribution >= 0.6 is 0 Å². The highest BCUT2D eigenvalue weighted by Crippen LogP contribution is 2.08. The molecule has 0 unspecified atom stereocenters. The van der Waals surface area contributed by atoms with Gasteiger partial charge in [0.15, 0.2) is 0 Å². The van der Waals surface area contributed by atoms with Gasteiger partial charge in [0.25, 0.3) is 0 Å². The highest BCUT2D eigenvalue weighted by Gasteiger charge is 2.09. The third-order valence-corrected chi connectivity index (χ3v) is 2.76. The molecule has 5 heteroatoms. The number of hydrogen-bond acceptors (Lipinski definition) is 5. The van der Waals surface area contributed by atoms with Crippen molar-refractivity contribution >= 4 is 5.82 Å². The second kappa shape index (κ2) is 7.55. The van der Waals surface area contributed by atoms with Crippen LogP contribution in [0.4, 0.5) is 5.82 Å². The smallest absolute Gasteiger partial charge is 0.146 e. The van der Waals surface area contributed by atoms with E-state index in [1.807, 2.05) is 33.3 Å². The minimum Gasteiger partial charge on any atom is -0.377 e. The van der Waals surface area contributed by atoms with Gasteiger partial charge in [0.2, 0.25) is 0 Å². The standard InChI is InChI=1S/C15H28N4O/c1-12(2)20-8-7-19(6)14-11-16-13(9-17-14)10-18-15(3,4)5/h9,11-12,18H,7-8,10H2,1-6H3. The number of rotatable bonds is 7. The zero-order valence-corrected chi connectivity index (χ0v) is 13.6. The van der Waals surface area contributed by atoms with E-state index in [2.05, 4.69) is 41.0 Å². The Morgan fingerprint density at radius 1 is 1.25 bits per heavy atom. The lowest BCUT2D eigenvalue weighted by Gasteiger charge is -2.21. The number of hydrogen-bond donors (Lipinski definition) is 1. The second-order valence-corrected chi connectivity index (χ2v) is 6.31. The maximum Gasteiger partial charge on any atom is 0.146 e. The molecule has 0 radical (unpaired) electrons. The van der Waals surface area contributed by atoms with Crippen LogP contribution in [0.2, 0.25) is 0 Å². The van der Waals surface area contributed by atoms with Crippen molar-refractivity contribution < 1.29 is 4.74 Å². The summed E-state index contributed by atoms with van der Waals surface area (Å²) in [6, 6.07) is 0. The average molecular weight is 280 g/mol. The molecule has 0 saturated carbocycles. The van der Waals surface area contributed by atoms with Crippen molar-refractivity contribution in [3.63, 3.8) is 0 Å². The Kier molecular flexibility index (Phi) is 6.36. The maximum atomic E-state index is 5.53. The van der Waals surface area contributed by atoms with Gasteiger partial charge in [-0.25, -0.2) is 4.98 Å². The molecule has 114 valence electrons. The van der Waals surface area contributed by atoms with Gasteiger partial charge in [-0.3, -0.25) is 4.98 Å². The Bertz CT molecular complexity index is 384. The molecule has 1 N–H and O–H groups in total. The van der Waals surface area contributed by atoms with Crippen molar-refractivity contribution in [1.82, 2.24) is 15.3 Å². The van der Waals surface area contributed by atoms with Crippen LogP contribution in [0.5, 0.6) is 0 Å². The van der Waals surface area contributed by atoms with Gasteiger partial charge >= 0.3 is 0 Å². The molecule has 0 spiro atoms. The SMILES string of the molecule is CC(C)OCCN(C)c1cnc(CNC(C)(C)C)cn1. The van der Waals surface area contributed by atoms with Crippen molar-refractivity contribution in [2.24, 2.45) is 0 Å². The van der Waals surface area contributed by atoms with Crippen LogP contribution in [0.25, 0.3) is 0 Å². The lowest BCUT2D eigenvalue weighted by Crippen LogP contribution is -2.35. The number of likely N-dealkylation sites (N-methyl/N-ethyl adjacent to an activating group) is 1. The Labute approximate surface area is 122 Å². The molecule has 1 rings (SSSR count). The molecule has 1 heterocycles. The van der Waals surface area contributed by atoms with Crippen molar-refractivity contribution in [3.8, 4) is 0 Å². The van der Waals surface area contributed by atoms with E-state index in [9.17, 15) is 0 Å². The van der Waals surface area contributed by atoms with Crippen LogP contribution in [0.3, 0.4) is 0 Å². The average Bonchev–Trinajstić information content (AvgIpc) is 2.35. The summed E-state index contributed by atoms with van der Waals surface area (Å²) in [5.74, 6) is 0.872. The van der Waals surface area contributed by atoms with Gasteiger partial charge in [-0.2, -0.15) is 0 Å². The number of anilines is 1. The van der Waals surface area contributed by atoms with E-state index in [0.717, 1.165) is 24.6 Å². The summed E-state index contributed by atoms with van der Waals surface area (Å²) < 4.78 is 5.53. The predicted octanol–water partition coefficient (Wildman–Crippen LogP) is 2.23. The van der Waals surface area contributed by atoms with E-state index < -0.39 is 0 Å². The molecule has 0 aliphatic rings. The van der Waals surface area contributed by atoms with Crippen LogP contribution in [-0.4, -0.2) is 41.8 Å². The van der Waals surface area contributed by atoms with Crippen LogP contribution in [0.1, 0.15) is 40.3 Å². The highest BCUT2D eigenvalue weighted by atomic mass is 16.5. The summed E-state index contributed by atoms with van der Waals surface area (Å²) in [6.07, 6.45) is 3.91. The van der Waals surface area contributed by atoms with Crippen LogP contribution in [-0.2, 0) is 11.3 Å². The first kappa shape index (κ1) is 16.9. The van der Waals surface area contributed by atoms with Gasteiger partial charge < -0.3 is 15.0 Å². The van der Waals surface area contributed by atoms with Gasteiger partial charge in [0.1, 0.15) is 5.82 Å². The fraction of sp³-hybridized carbons (Fsp3) is 0.733. The summed E-state index contributed by atoms with van der Waals surface area (Å²) in [5, 5.41) is 3.40. The topological polar surface area (TPSA) is 50.3 Å². The van der Waals surface area contributed by atoms with Crippen molar-refractivity contribution in [2.75, 3.05) is 25.1 Å². The fourth-order valence-electron chi connectivity index (χ4n) is 1.53. The van der Waals surface area contributed by atoms with Crippen molar-refractivity contribution in [1.29, 1.82) is 0 Å². The lowest BCUT2D eigenvalue weighted by atomic mass is 10.1.